The molecular formula is C10H16N2O. The van der Waals surface area contributed by atoms with E-state index in [9.17, 15) is 4.79 Å². The Hall–Kier alpha value is -1.09. The van der Waals surface area contributed by atoms with E-state index >= 15 is 0 Å². The van der Waals surface area contributed by atoms with E-state index in [4.69, 9.17) is 5.73 Å². The van der Waals surface area contributed by atoms with Gasteiger partial charge in [-0.05, 0) is 20.8 Å². The molecule has 2 N–H and O–H groups in total. The quantitative estimate of drug-likeness (QED) is 0.732. The van der Waals surface area contributed by atoms with Crippen molar-refractivity contribution in [2.45, 2.75) is 33.4 Å². The minimum atomic E-state index is 0.0657. The average molecular weight is 180 g/mol. The molecule has 1 heterocycles. The summed E-state index contributed by atoms with van der Waals surface area (Å²) in [5.74, 6) is 0. The summed E-state index contributed by atoms with van der Waals surface area (Å²) in [4.78, 5) is 11.1. The van der Waals surface area contributed by atoms with Gasteiger partial charge in [-0.1, -0.05) is 0 Å². The van der Waals surface area contributed by atoms with Crippen molar-refractivity contribution in [3.63, 3.8) is 0 Å². The zero-order valence-corrected chi connectivity index (χ0v) is 8.37. The first-order chi connectivity index (χ1) is 6.00. The van der Waals surface area contributed by atoms with Crippen molar-refractivity contribution in [3.05, 3.63) is 33.7 Å². The minimum absolute atomic E-state index is 0.0657. The molecule has 0 aliphatic heterocycles. The fourth-order valence-corrected chi connectivity index (χ4v) is 1.46. The number of nitrogens with two attached hydrogens (primary N) is 1. The standard InChI is InChI=1S/C10H16N2O/c1-7(11)6-12-8(2)4-10(13)5-9(12)3/h4-5,7H,6,11H2,1-3H3. The van der Waals surface area contributed by atoms with Gasteiger partial charge >= 0.3 is 0 Å². The Labute approximate surface area is 78.2 Å². The number of aryl methyl sites for hydroxylation is 2. The monoisotopic (exact) mass is 180 g/mol. The second kappa shape index (κ2) is 3.75. The fourth-order valence-electron chi connectivity index (χ4n) is 1.46. The average Bonchev–Trinajstić information content (AvgIpc) is 1.96. The highest BCUT2D eigenvalue weighted by atomic mass is 16.1. The molecule has 0 saturated carbocycles. The smallest absolute Gasteiger partial charge is 0.182 e. The topological polar surface area (TPSA) is 48.0 Å². The van der Waals surface area contributed by atoms with Gasteiger partial charge in [0.15, 0.2) is 5.43 Å². The first-order valence-electron chi connectivity index (χ1n) is 4.44. The summed E-state index contributed by atoms with van der Waals surface area (Å²) in [6.45, 7) is 6.57. The molecule has 13 heavy (non-hydrogen) atoms. The van der Waals surface area contributed by atoms with E-state index in [1.807, 2.05) is 20.8 Å². The van der Waals surface area contributed by atoms with Gasteiger partial charge in [-0.3, -0.25) is 4.79 Å². The SMILES string of the molecule is Cc1cc(=O)cc(C)n1CC(C)N. The van der Waals surface area contributed by atoms with Crippen LogP contribution < -0.4 is 11.2 Å². The largest absolute Gasteiger partial charge is 0.347 e. The van der Waals surface area contributed by atoms with Gasteiger partial charge in [0, 0.05) is 36.1 Å². The van der Waals surface area contributed by atoms with Crippen molar-refractivity contribution in [2.24, 2.45) is 5.73 Å². The van der Waals surface area contributed by atoms with Crippen molar-refractivity contribution >= 4 is 0 Å². The minimum Gasteiger partial charge on any atom is -0.347 e. The summed E-state index contributed by atoms with van der Waals surface area (Å²) in [5, 5.41) is 0. The van der Waals surface area contributed by atoms with Gasteiger partial charge in [-0.2, -0.15) is 0 Å². The van der Waals surface area contributed by atoms with Gasteiger partial charge in [0.1, 0.15) is 0 Å². The highest BCUT2D eigenvalue weighted by molar-refractivity contribution is 5.12. The molecule has 72 valence electrons. The number of hydrogen-bond donors (Lipinski definition) is 1. The van der Waals surface area contributed by atoms with Gasteiger partial charge in [0.05, 0.1) is 0 Å². The number of pyridine rings is 1. The van der Waals surface area contributed by atoms with Crippen LogP contribution in [0.3, 0.4) is 0 Å². The van der Waals surface area contributed by atoms with Crippen molar-refractivity contribution in [3.8, 4) is 0 Å². The number of hydrogen-bond acceptors (Lipinski definition) is 2. The third-order valence-corrected chi connectivity index (χ3v) is 2.02. The zero-order chi connectivity index (χ0) is 10.0. The lowest BCUT2D eigenvalue weighted by atomic mass is 10.2. The van der Waals surface area contributed by atoms with Crippen LogP contribution in [0.25, 0.3) is 0 Å². The molecule has 1 aromatic heterocycles. The molecule has 1 atom stereocenters. The van der Waals surface area contributed by atoms with Crippen LogP contribution in [0.2, 0.25) is 0 Å². The van der Waals surface area contributed by atoms with Crippen LogP contribution in [0, 0.1) is 13.8 Å². The number of rotatable bonds is 2. The highest BCUT2D eigenvalue weighted by Crippen LogP contribution is 2.01. The molecule has 0 aromatic carbocycles. The first-order valence-corrected chi connectivity index (χ1v) is 4.44. The van der Waals surface area contributed by atoms with E-state index in [1.54, 1.807) is 12.1 Å². The Morgan fingerprint density at radius 1 is 1.38 bits per heavy atom. The number of aromatic nitrogens is 1. The predicted molar refractivity (Wildman–Crippen MR) is 53.8 cm³/mol. The van der Waals surface area contributed by atoms with Crippen LogP contribution in [-0.4, -0.2) is 10.6 Å². The molecule has 1 unspecified atom stereocenters. The Morgan fingerprint density at radius 2 is 1.85 bits per heavy atom. The third-order valence-electron chi connectivity index (χ3n) is 2.02. The zero-order valence-electron chi connectivity index (χ0n) is 8.37. The Morgan fingerprint density at radius 3 is 2.23 bits per heavy atom. The predicted octanol–water partition coefficient (Wildman–Crippen LogP) is 0.812. The molecule has 0 amide bonds. The molecule has 0 radical (unpaired) electrons. The van der Waals surface area contributed by atoms with E-state index in [-0.39, 0.29) is 11.5 Å². The van der Waals surface area contributed by atoms with Crippen molar-refractivity contribution in [1.29, 1.82) is 0 Å². The molecule has 3 heteroatoms. The summed E-state index contributed by atoms with van der Waals surface area (Å²) < 4.78 is 2.06. The van der Waals surface area contributed by atoms with Gasteiger partial charge < -0.3 is 10.3 Å². The normalized spacial score (nSPS) is 12.9. The molecule has 0 fully saturated rings. The Balaban J connectivity index is 3.13. The van der Waals surface area contributed by atoms with Crippen LogP contribution in [0.1, 0.15) is 18.3 Å². The lowest BCUT2D eigenvalue weighted by Crippen LogP contribution is -2.25. The van der Waals surface area contributed by atoms with Crippen molar-refractivity contribution < 1.29 is 0 Å². The van der Waals surface area contributed by atoms with E-state index < -0.39 is 0 Å². The lowest BCUT2D eigenvalue weighted by molar-refractivity contribution is 0.563. The summed E-state index contributed by atoms with van der Waals surface area (Å²) in [7, 11) is 0. The maximum Gasteiger partial charge on any atom is 0.182 e. The van der Waals surface area contributed by atoms with E-state index in [2.05, 4.69) is 4.57 Å². The van der Waals surface area contributed by atoms with Gasteiger partial charge in [0.25, 0.3) is 0 Å². The molecule has 0 saturated heterocycles. The maximum absolute atomic E-state index is 11.1. The van der Waals surface area contributed by atoms with Crippen LogP contribution in [0.5, 0.6) is 0 Å². The second-order valence-corrected chi connectivity index (χ2v) is 3.56. The van der Waals surface area contributed by atoms with E-state index in [0.717, 1.165) is 17.9 Å². The number of nitrogens with zero attached hydrogens (tertiary/aromatic N) is 1. The van der Waals surface area contributed by atoms with Crippen LogP contribution in [0.15, 0.2) is 16.9 Å². The maximum atomic E-state index is 11.1. The fraction of sp³-hybridized carbons (Fsp3) is 0.500. The van der Waals surface area contributed by atoms with Crippen molar-refractivity contribution in [1.82, 2.24) is 4.57 Å². The Bertz CT molecular complexity index is 326. The molecule has 3 nitrogen and oxygen atoms in total. The summed E-state index contributed by atoms with van der Waals surface area (Å²) >= 11 is 0. The third kappa shape index (κ3) is 2.42. The summed E-state index contributed by atoms with van der Waals surface area (Å²) in [6.07, 6.45) is 0. The van der Waals surface area contributed by atoms with Gasteiger partial charge in [0.2, 0.25) is 0 Å². The molecule has 0 aliphatic rings. The highest BCUT2D eigenvalue weighted by Gasteiger charge is 2.02. The summed E-state index contributed by atoms with van der Waals surface area (Å²) in [5.41, 5.74) is 7.72. The van der Waals surface area contributed by atoms with E-state index in [0.29, 0.717) is 0 Å². The molecule has 0 bridgehead atoms. The molecular weight excluding hydrogens is 164 g/mol. The van der Waals surface area contributed by atoms with Crippen LogP contribution in [0.4, 0.5) is 0 Å². The lowest BCUT2D eigenvalue weighted by Gasteiger charge is -2.15. The van der Waals surface area contributed by atoms with E-state index in [1.165, 1.54) is 0 Å². The van der Waals surface area contributed by atoms with Crippen LogP contribution >= 0.6 is 0 Å². The molecule has 0 aliphatic carbocycles. The molecule has 0 spiro atoms. The van der Waals surface area contributed by atoms with Crippen LogP contribution in [-0.2, 0) is 6.54 Å². The van der Waals surface area contributed by atoms with Gasteiger partial charge in [-0.25, -0.2) is 0 Å². The Kier molecular flexibility index (Phi) is 2.88. The van der Waals surface area contributed by atoms with Crippen molar-refractivity contribution in [2.75, 3.05) is 0 Å². The second-order valence-electron chi connectivity index (χ2n) is 3.56. The molecule has 1 aromatic rings. The molecule has 1 rings (SSSR count). The first kappa shape index (κ1) is 9.99. The summed E-state index contributed by atoms with van der Waals surface area (Å²) in [6, 6.07) is 3.38. The van der Waals surface area contributed by atoms with Gasteiger partial charge in [-0.15, -0.1) is 0 Å².